The van der Waals surface area contributed by atoms with Crippen molar-refractivity contribution in [1.29, 1.82) is 0 Å². The van der Waals surface area contributed by atoms with Crippen molar-refractivity contribution in [2.75, 3.05) is 18.0 Å². The number of rotatable bonds is 4. The van der Waals surface area contributed by atoms with Gasteiger partial charge in [-0.25, -0.2) is 4.98 Å². The SMILES string of the molecule is CCCc1cc(CCl)cc(N2CCCC(C)C2)n1. The Bertz CT molecular complexity index is 392. The lowest BCUT2D eigenvalue weighted by atomic mass is 10.0. The van der Waals surface area contributed by atoms with E-state index in [1.54, 1.807) is 0 Å². The van der Waals surface area contributed by atoms with Crippen molar-refractivity contribution in [3.8, 4) is 0 Å². The molecule has 2 rings (SSSR count). The van der Waals surface area contributed by atoms with Crippen molar-refractivity contribution in [1.82, 2.24) is 4.98 Å². The van der Waals surface area contributed by atoms with Gasteiger partial charge in [-0.05, 0) is 42.9 Å². The summed E-state index contributed by atoms with van der Waals surface area (Å²) < 4.78 is 0. The number of nitrogens with zero attached hydrogens (tertiary/aromatic N) is 2. The fourth-order valence-corrected chi connectivity index (χ4v) is 2.81. The van der Waals surface area contributed by atoms with E-state index in [-0.39, 0.29) is 0 Å². The van der Waals surface area contributed by atoms with Crippen molar-refractivity contribution in [2.24, 2.45) is 5.92 Å². The normalized spacial score (nSPS) is 20.2. The highest BCUT2D eigenvalue weighted by atomic mass is 35.5. The van der Waals surface area contributed by atoms with Crippen LogP contribution < -0.4 is 4.90 Å². The lowest BCUT2D eigenvalue weighted by Gasteiger charge is -2.32. The summed E-state index contributed by atoms with van der Waals surface area (Å²) in [6, 6.07) is 4.30. The molecule has 0 radical (unpaired) electrons. The van der Waals surface area contributed by atoms with Crippen LogP contribution in [0.1, 0.15) is 44.4 Å². The molecule has 0 bridgehead atoms. The minimum Gasteiger partial charge on any atom is -0.356 e. The van der Waals surface area contributed by atoms with Crippen LogP contribution in [0.3, 0.4) is 0 Å². The molecule has 1 aromatic heterocycles. The maximum absolute atomic E-state index is 5.99. The van der Waals surface area contributed by atoms with E-state index >= 15 is 0 Å². The van der Waals surface area contributed by atoms with Crippen LogP contribution in [0.2, 0.25) is 0 Å². The van der Waals surface area contributed by atoms with Gasteiger partial charge in [0.1, 0.15) is 5.82 Å². The van der Waals surface area contributed by atoms with Gasteiger partial charge in [-0.1, -0.05) is 20.3 Å². The first-order valence-corrected chi connectivity index (χ1v) is 7.57. The molecule has 3 heteroatoms. The van der Waals surface area contributed by atoms with Crippen LogP contribution in [0.15, 0.2) is 12.1 Å². The monoisotopic (exact) mass is 266 g/mol. The van der Waals surface area contributed by atoms with Gasteiger partial charge in [0.15, 0.2) is 0 Å². The first-order valence-electron chi connectivity index (χ1n) is 7.03. The molecule has 18 heavy (non-hydrogen) atoms. The molecule has 0 N–H and O–H groups in total. The average molecular weight is 267 g/mol. The standard InChI is InChI=1S/C15H23ClN2/c1-3-5-14-8-13(10-16)9-15(17-14)18-7-4-6-12(2)11-18/h8-9,12H,3-7,10-11H2,1-2H3. The third kappa shape index (κ3) is 3.38. The zero-order valence-corrected chi connectivity index (χ0v) is 12.2. The molecule has 0 amide bonds. The molecule has 2 heterocycles. The summed E-state index contributed by atoms with van der Waals surface area (Å²) in [5, 5.41) is 0. The number of hydrogen-bond donors (Lipinski definition) is 0. The van der Waals surface area contributed by atoms with Crippen LogP contribution in [0, 0.1) is 5.92 Å². The number of aryl methyl sites for hydroxylation is 1. The number of anilines is 1. The Kier molecular flexibility index (Phi) is 4.87. The highest BCUT2D eigenvalue weighted by Crippen LogP contribution is 2.23. The lowest BCUT2D eigenvalue weighted by Crippen LogP contribution is -2.35. The van der Waals surface area contributed by atoms with E-state index in [0.29, 0.717) is 5.88 Å². The van der Waals surface area contributed by atoms with Crippen molar-refractivity contribution in [2.45, 2.75) is 45.4 Å². The Morgan fingerprint density at radius 2 is 2.28 bits per heavy atom. The van der Waals surface area contributed by atoms with Gasteiger partial charge in [-0.3, -0.25) is 0 Å². The second-order valence-corrected chi connectivity index (χ2v) is 5.67. The Hall–Kier alpha value is -0.760. The van der Waals surface area contributed by atoms with Gasteiger partial charge >= 0.3 is 0 Å². The van der Waals surface area contributed by atoms with Crippen molar-refractivity contribution >= 4 is 17.4 Å². The number of hydrogen-bond acceptors (Lipinski definition) is 2. The van der Waals surface area contributed by atoms with E-state index in [1.165, 1.54) is 24.1 Å². The molecule has 0 saturated carbocycles. The molecule has 0 spiro atoms. The van der Waals surface area contributed by atoms with Crippen LogP contribution in [-0.4, -0.2) is 18.1 Å². The third-order valence-electron chi connectivity index (χ3n) is 3.57. The summed E-state index contributed by atoms with van der Waals surface area (Å²) in [6.45, 7) is 6.78. The molecule has 1 aliphatic heterocycles. The third-order valence-corrected chi connectivity index (χ3v) is 3.87. The molecule has 1 atom stereocenters. The maximum Gasteiger partial charge on any atom is 0.129 e. The predicted octanol–water partition coefficient (Wildman–Crippen LogP) is 4.01. The van der Waals surface area contributed by atoms with Crippen LogP contribution >= 0.6 is 11.6 Å². The zero-order valence-electron chi connectivity index (χ0n) is 11.5. The molecule has 100 valence electrons. The van der Waals surface area contributed by atoms with E-state index < -0.39 is 0 Å². The summed E-state index contributed by atoms with van der Waals surface area (Å²) in [7, 11) is 0. The molecule has 1 saturated heterocycles. The molecule has 1 fully saturated rings. The molecule has 0 aromatic carbocycles. The highest BCUT2D eigenvalue weighted by molar-refractivity contribution is 6.17. The predicted molar refractivity (Wildman–Crippen MR) is 78.4 cm³/mol. The summed E-state index contributed by atoms with van der Waals surface area (Å²) in [6.07, 6.45) is 4.79. The zero-order chi connectivity index (χ0) is 13.0. The van der Waals surface area contributed by atoms with Gasteiger partial charge in [0.05, 0.1) is 0 Å². The van der Waals surface area contributed by atoms with Gasteiger partial charge in [-0.15, -0.1) is 11.6 Å². The smallest absolute Gasteiger partial charge is 0.129 e. The minimum atomic E-state index is 0.579. The van der Waals surface area contributed by atoms with Crippen molar-refractivity contribution in [3.63, 3.8) is 0 Å². The Labute approximate surface area is 115 Å². The summed E-state index contributed by atoms with van der Waals surface area (Å²) in [4.78, 5) is 7.22. The Morgan fingerprint density at radius 1 is 1.44 bits per heavy atom. The number of halogens is 1. The molecule has 0 aliphatic carbocycles. The van der Waals surface area contributed by atoms with E-state index in [4.69, 9.17) is 16.6 Å². The van der Waals surface area contributed by atoms with E-state index in [0.717, 1.165) is 37.7 Å². The second-order valence-electron chi connectivity index (χ2n) is 5.40. The lowest BCUT2D eigenvalue weighted by molar-refractivity contribution is 0.444. The van der Waals surface area contributed by atoms with Gasteiger partial charge < -0.3 is 4.90 Å². The van der Waals surface area contributed by atoms with Gasteiger partial charge in [-0.2, -0.15) is 0 Å². The fourth-order valence-electron chi connectivity index (χ4n) is 2.65. The molecular weight excluding hydrogens is 244 g/mol. The molecule has 2 nitrogen and oxygen atoms in total. The highest BCUT2D eigenvalue weighted by Gasteiger charge is 2.18. The molecule has 1 aromatic rings. The largest absolute Gasteiger partial charge is 0.356 e. The van der Waals surface area contributed by atoms with Gasteiger partial charge in [0, 0.05) is 24.7 Å². The van der Waals surface area contributed by atoms with E-state index in [2.05, 4.69) is 30.9 Å². The molecular formula is C15H23ClN2. The van der Waals surface area contributed by atoms with Crippen LogP contribution in [-0.2, 0) is 12.3 Å². The molecule has 1 aliphatic rings. The Morgan fingerprint density at radius 3 is 2.94 bits per heavy atom. The number of aromatic nitrogens is 1. The number of pyridine rings is 1. The van der Waals surface area contributed by atoms with Crippen molar-refractivity contribution in [3.05, 3.63) is 23.4 Å². The quantitative estimate of drug-likeness (QED) is 0.766. The average Bonchev–Trinajstić information content (AvgIpc) is 2.39. The summed E-state index contributed by atoms with van der Waals surface area (Å²) >= 11 is 5.99. The van der Waals surface area contributed by atoms with Crippen LogP contribution in [0.25, 0.3) is 0 Å². The van der Waals surface area contributed by atoms with Crippen molar-refractivity contribution < 1.29 is 0 Å². The van der Waals surface area contributed by atoms with Gasteiger partial charge in [0.25, 0.3) is 0 Å². The number of piperidine rings is 1. The van der Waals surface area contributed by atoms with E-state index in [9.17, 15) is 0 Å². The van der Waals surface area contributed by atoms with Gasteiger partial charge in [0.2, 0.25) is 0 Å². The minimum absolute atomic E-state index is 0.579. The Balaban J connectivity index is 2.22. The number of alkyl halides is 1. The van der Waals surface area contributed by atoms with Crippen LogP contribution in [0.5, 0.6) is 0 Å². The fraction of sp³-hybridized carbons (Fsp3) is 0.667. The second kappa shape index (κ2) is 6.42. The summed E-state index contributed by atoms with van der Waals surface area (Å²) in [5.41, 5.74) is 2.38. The topological polar surface area (TPSA) is 16.1 Å². The summed E-state index contributed by atoms with van der Waals surface area (Å²) in [5.74, 6) is 2.48. The molecule has 1 unspecified atom stereocenters. The first-order chi connectivity index (χ1) is 8.72. The van der Waals surface area contributed by atoms with E-state index in [1.807, 2.05) is 0 Å². The van der Waals surface area contributed by atoms with Crippen LogP contribution in [0.4, 0.5) is 5.82 Å². The first kappa shape index (κ1) is 13.7. The maximum atomic E-state index is 5.99.